The smallest absolute Gasteiger partial charge is 0.335 e. The van der Waals surface area contributed by atoms with Gasteiger partial charge < -0.3 is 24.1 Å². The fourth-order valence-corrected chi connectivity index (χ4v) is 2.63. The molecule has 3 rings (SSSR count). The Hall–Kier alpha value is -1.47. The average molecular weight is 294 g/mol. The third kappa shape index (κ3) is 2.94. The van der Waals surface area contributed by atoms with Gasteiger partial charge in [0.05, 0.1) is 6.61 Å². The maximum atomic E-state index is 11.3. The van der Waals surface area contributed by atoms with Crippen molar-refractivity contribution in [1.82, 2.24) is 0 Å². The number of aliphatic carboxylic acids is 1. The lowest BCUT2D eigenvalue weighted by Gasteiger charge is -2.24. The van der Waals surface area contributed by atoms with Crippen LogP contribution in [0.5, 0.6) is 0 Å². The van der Waals surface area contributed by atoms with Crippen molar-refractivity contribution in [3.8, 4) is 0 Å². The summed E-state index contributed by atoms with van der Waals surface area (Å²) < 4.78 is 22.4. The summed E-state index contributed by atoms with van der Waals surface area (Å²) in [6, 6.07) is 9.55. The largest absolute Gasteiger partial charge is 0.479 e. The summed E-state index contributed by atoms with van der Waals surface area (Å²) in [5.41, 5.74) is 0.961. The molecule has 6 heteroatoms. The van der Waals surface area contributed by atoms with Gasteiger partial charge in [-0.25, -0.2) is 4.79 Å². The fourth-order valence-electron chi connectivity index (χ4n) is 2.63. The van der Waals surface area contributed by atoms with Crippen molar-refractivity contribution in [2.24, 2.45) is 0 Å². The molecule has 0 aliphatic carbocycles. The van der Waals surface area contributed by atoms with Gasteiger partial charge in [0, 0.05) is 0 Å². The minimum absolute atomic E-state index is 0.297. The van der Waals surface area contributed by atoms with E-state index in [0.717, 1.165) is 5.56 Å². The Balaban J connectivity index is 1.72. The van der Waals surface area contributed by atoms with E-state index in [-0.39, 0.29) is 0 Å². The number of hydrogen-bond acceptors (Lipinski definition) is 5. The molecule has 2 saturated heterocycles. The van der Waals surface area contributed by atoms with E-state index in [1.807, 2.05) is 30.3 Å². The number of fused-ring (bicyclic) bond motifs is 1. The molecular formula is C15H18O6. The van der Waals surface area contributed by atoms with Gasteiger partial charge in [-0.2, -0.15) is 0 Å². The predicted molar refractivity (Wildman–Crippen MR) is 71.4 cm³/mol. The zero-order valence-electron chi connectivity index (χ0n) is 11.9. The first-order valence-corrected chi connectivity index (χ1v) is 6.86. The fraction of sp³-hybridized carbons (Fsp3) is 0.533. The van der Waals surface area contributed by atoms with Crippen molar-refractivity contribution in [3.63, 3.8) is 0 Å². The standard InChI is InChI=1S/C15H18O6/c1-15(2)20-12-10(11(13(16)17)19-14(12)21-15)18-8-9-6-4-3-5-7-9/h3-7,10-12,14H,8H2,1-2H3,(H,16,17)/t10-,11?,12+,14+/m0/s1. The third-order valence-corrected chi connectivity index (χ3v) is 3.52. The highest BCUT2D eigenvalue weighted by atomic mass is 16.8. The molecule has 2 heterocycles. The maximum absolute atomic E-state index is 11.3. The SMILES string of the molecule is CC1(C)O[C@H]2OC(C(=O)O)[C@H](OCc3ccccc3)[C@H]2O1. The molecule has 4 atom stereocenters. The molecule has 2 fully saturated rings. The van der Waals surface area contributed by atoms with Crippen LogP contribution in [0.4, 0.5) is 0 Å². The molecule has 1 N–H and O–H groups in total. The van der Waals surface area contributed by atoms with Crippen LogP contribution in [0.1, 0.15) is 19.4 Å². The molecule has 114 valence electrons. The first-order valence-electron chi connectivity index (χ1n) is 6.86. The number of carboxylic acids is 1. The molecule has 6 nitrogen and oxygen atoms in total. The van der Waals surface area contributed by atoms with Gasteiger partial charge >= 0.3 is 5.97 Å². The van der Waals surface area contributed by atoms with E-state index in [1.54, 1.807) is 13.8 Å². The zero-order valence-corrected chi connectivity index (χ0v) is 11.9. The predicted octanol–water partition coefficient (Wildman–Crippen LogP) is 1.53. The van der Waals surface area contributed by atoms with E-state index in [0.29, 0.717) is 6.61 Å². The van der Waals surface area contributed by atoms with Gasteiger partial charge in [0.15, 0.2) is 18.2 Å². The topological polar surface area (TPSA) is 74.2 Å². The Morgan fingerprint density at radius 3 is 2.67 bits per heavy atom. The Morgan fingerprint density at radius 2 is 2.00 bits per heavy atom. The number of hydrogen-bond donors (Lipinski definition) is 1. The summed E-state index contributed by atoms with van der Waals surface area (Å²) in [6.07, 6.45) is -3.03. The van der Waals surface area contributed by atoms with Crippen LogP contribution in [0.3, 0.4) is 0 Å². The third-order valence-electron chi connectivity index (χ3n) is 3.52. The van der Waals surface area contributed by atoms with Crippen molar-refractivity contribution in [1.29, 1.82) is 0 Å². The van der Waals surface area contributed by atoms with E-state index in [1.165, 1.54) is 0 Å². The molecule has 1 aromatic carbocycles. The average Bonchev–Trinajstić information content (AvgIpc) is 2.90. The summed E-state index contributed by atoms with van der Waals surface area (Å²) >= 11 is 0. The Kier molecular flexibility index (Phi) is 3.71. The highest BCUT2D eigenvalue weighted by Gasteiger charge is 2.57. The summed E-state index contributed by atoms with van der Waals surface area (Å²) in [5, 5.41) is 9.25. The van der Waals surface area contributed by atoms with Gasteiger partial charge in [0.25, 0.3) is 0 Å². The first-order chi connectivity index (χ1) is 9.96. The van der Waals surface area contributed by atoms with E-state index in [2.05, 4.69) is 0 Å². The first kappa shape index (κ1) is 14.5. The summed E-state index contributed by atoms with van der Waals surface area (Å²) in [5.74, 6) is -1.87. The lowest BCUT2D eigenvalue weighted by atomic mass is 10.1. The second-order valence-electron chi connectivity index (χ2n) is 5.62. The highest BCUT2D eigenvalue weighted by Crippen LogP contribution is 2.39. The van der Waals surface area contributed by atoms with Crippen LogP contribution < -0.4 is 0 Å². The van der Waals surface area contributed by atoms with Crippen LogP contribution in [-0.4, -0.2) is 41.5 Å². The molecule has 1 unspecified atom stereocenters. The minimum Gasteiger partial charge on any atom is -0.479 e. The molecule has 2 aliphatic rings. The number of ether oxygens (including phenoxy) is 4. The lowest BCUT2D eigenvalue weighted by Crippen LogP contribution is -2.40. The number of rotatable bonds is 4. The van der Waals surface area contributed by atoms with Crippen LogP contribution in [0.15, 0.2) is 30.3 Å². The summed E-state index contributed by atoms with van der Waals surface area (Å²) in [7, 11) is 0. The zero-order chi connectivity index (χ0) is 15.0. The molecule has 0 saturated carbocycles. The van der Waals surface area contributed by atoms with E-state index in [4.69, 9.17) is 18.9 Å². The molecule has 0 amide bonds. The van der Waals surface area contributed by atoms with Gasteiger partial charge in [-0.05, 0) is 19.4 Å². The summed E-state index contributed by atoms with van der Waals surface area (Å²) in [6.45, 7) is 3.82. The molecular weight excluding hydrogens is 276 g/mol. The highest BCUT2D eigenvalue weighted by molar-refractivity contribution is 5.73. The van der Waals surface area contributed by atoms with Gasteiger partial charge in [0.2, 0.25) is 0 Å². The number of carbonyl (C=O) groups is 1. The van der Waals surface area contributed by atoms with Crippen molar-refractivity contribution >= 4 is 5.97 Å². The van der Waals surface area contributed by atoms with E-state index >= 15 is 0 Å². The van der Waals surface area contributed by atoms with Crippen molar-refractivity contribution < 1.29 is 28.8 Å². The van der Waals surface area contributed by atoms with Gasteiger partial charge in [0.1, 0.15) is 12.2 Å². The molecule has 21 heavy (non-hydrogen) atoms. The molecule has 1 aromatic rings. The molecule has 0 radical (unpaired) electrons. The van der Waals surface area contributed by atoms with Crippen LogP contribution in [0, 0.1) is 0 Å². The second kappa shape index (κ2) is 5.38. The molecule has 0 spiro atoms. The molecule has 2 aliphatic heterocycles. The van der Waals surface area contributed by atoms with Gasteiger partial charge in [-0.1, -0.05) is 30.3 Å². The van der Waals surface area contributed by atoms with Crippen molar-refractivity contribution in [3.05, 3.63) is 35.9 Å². The van der Waals surface area contributed by atoms with Crippen LogP contribution in [0.2, 0.25) is 0 Å². The maximum Gasteiger partial charge on any atom is 0.335 e. The monoisotopic (exact) mass is 294 g/mol. The van der Waals surface area contributed by atoms with E-state index in [9.17, 15) is 9.90 Å². The van der Waals surface area contributed by atoms with Gasteiger partial charge in [-0.15, -0.1) is 0 Å². The van der Waals surface area contributed by atoms with Crippen LogP contribution in [0.25, 0.3) is 0 Å². The Labute approximate surface area is 122 Å². The van der Waals surface area contributed by atoms with Crippen molar-refractivity contribution in [2.75, 3.05) is 0 Å². The van der Waals surface area contributed by atoms with Gasteiger partial charge in [-0.3, -0.25) is 0 Å². The van der Waals surface area contributed by atoms with Crippen LogP contribution in [-0.2, 0) is 30.3 Å². The minimum atomic E-state index is -1.08. The summed E-state index contributed by atoms with van der Waals surface area (Å²) in [4.78, 5) is 11.3. The number of carboxylic acid groups (broad SMARTS) is 1. The number of benzene rings is 1. The van der Waals surface area contributed by atoms with E-state index < -0.39 is 36.4 Å². The Bertz CT molecular complexity index is 514. The quantitative estimate of drug-likeness (QED) is 0.908. The normalized spacial score (nSPS) is 33.8. The van der Waals surface area contributed by atoms with Crippen molar-refractivity contribution in [2.45, 2.75) is 50.8 Å². The molecule has 0 aromatic heterocycles. The Morgan fingerprint density at radius 1 is 1.29 bits per heavy atom. The van der Waals surface area contributed by atoms with Crippen LogP contribution >= 0.6 is 0 Å². The second-order valence-corrected chi connectivity index (χ2v) is 5.62. The molecule has 0 bridgehead atoms. The lowest BCUT2D eigenvalue weighted by molar-refractivity contribution is -0.223.